The third-order valence-corrected chi connectivity index (χ3v) is 3.41. The first-order valence-corrected chi connectivity index (χ1v) is 6.83. The fourth-order valence-corrected chi connectivity index (χ4v) is 2.25. The van der Waals surface area contributed by atoms with Crippen molar-refractivity contribution in [2.45, 2.75) is 33.2 Å². The highest BCUT2D eigenvalue weighted by Gasteiger charge is 2.19. The quantitative estimate of drug-likeness (QED) is 0.887. The Morgan fingerprint density at radius 1 is 1.42 bits per heavy atom. The second-order valence-corrected chi connectivity index (χ2v) is 5.44. The lowest BCUT2D eigenvalue weighted by Gasteiger charge is -2.25. The van der Waals surface area contributed by atoms with Gasteiger partial charge in [0.25, 0.3) is 0 Å². The van der Waals surface area contributed by atoms with E-state index in [4.69, 9.17) is 5.26 Å². The minimum atomic E-state index is 0.284. The Kier molecular flexibility index (Phi) is 4.33. The van der Waals surface area contributed by atoms with E-state index < -0.39 is 0 Å². The first-order chi connectivity index (χ1) is 9.11. The lowest BCUT2D eigenvalue weighted by Crippen LogP contribution is -2.30. The molecule has 0 unspecified atom stereocenters. The van der Waals surface area contributed by atoms with Gasteiger partial charge in [0.2, 0.25) is 5.82 Å². The van der Waals surface area contributed by atoms with Crippen LogP contribution in [0.5, 0.6) is 0 Å². The summed E-state index contributed by atoms with van der Waals surface area (Å²) in [6.07, 6.45) is 1.99. The van der Waals surface area contributed by atoms with Crippen molar-refractivity contribution >= 4 is 5.82 Å². The van der Waals surface area contributed by atoms with Crippen LogP contribution in [0.3, 0.4) is 0 Å². The summed E-state index contributed by atoms with van der Waals surface area (Å²) in [5.74, 6) is 1.86. The normalized spacial score (nSPS) is 14.1. The van der Waals surface area contributed by atoms with E-state index in [0.29, 0.717) is 5.92 Å². The van der Waals surface area contributed by atoms with E-state index >= 15 is 0 Å². The Labute approximate surface area is 114 Å². The summed E-state index contributed by atoms with van der Waals surface area (Å²) in [4.78, 5) is 10.9. The largest absolute Gasteiger partial charge is 0.359 e. The van der Waals surface area contributed by atoms with Gasteiger partial charge in [0.15, 0.2) is 0 Å². The van der Waals surface area contributed by atoms with Gasteiger partial charge in [0.05, 0.1) is 5.69 Å². The van der Waals surface area contributed by atoms with Crippen LogP contribution in [0.1, 0.15) is 37.4 Å². The van der Waals surface area contributed by atoms with Gasteiger partial charge in [-0.1, -0.05) is 13.8 Å². The summed E-state index contributed by atoms with van der Waals surface area (Å²) < 4.78 is 0. The van der Waals surface area contributed by atoms with E-state index in [1.807, 2.05) is 7.05 Å². The second-order valence-electron chi connectivity index (χ2n) is 5.44. The molecular formula is C14H21N5. The molecule has 0 amide bonds. The smallest absolute Gasteiger partial charge is 0.234 e. The van der Waals surface area contributed by atoms with Crippen molar-refractivity contribution in [3.63, 3.8) is 0 Å². The second kappa shape index (κ2) is 5.98. The molecule has 5 heteroatoms. The monoisotopic (exact) mass is 259 g/mol. The van der Waals surface area contributed by atoms with Crippen LogP contribution in [-0.4, -0.2) is 30.1 Å². The van der Waals surface area contributed by atoms with Crippen molar-refractivity contribution < 1.29 is 0 Å². The number of fused-ring (bicyclic) bond motifs is 1. The van der Waals surface area contributed by atoms with Crippen molar-refractivity contribution in [3.05, 3.63) is 17.1 Å². The molecular weight excluding hydrogens is 238 g/mol. The van der Waals surface area contributed by atoms with Gasteiger partial charge < -0.3 is 10.2 Å². The third-order valence-electron chi connectivity index (χ3n) is 3.41. The molecule has 5 nitrogen and oxygen atoms in total. The van der Waals surface area contributed by atoms with E-state index in [1.165, 1.54) is 0 Å². The Balaban J connectivity index is 2.30. The molecule has 1 aliphatic rings. The van der Waals surface area contributed by atoms with Gasteiger partial charge in [-0.15, -0.1) is 0 Å². The molecule has 0 aliphatic carbocycles. The molecule has 0 aromatic carbocycles. The zero-order valence-electron chi connectivity index (χ0n) is 11.9. The minimum absolute atomic E-state index is 0.284. The zero-order valence-corrected chi connectivity index (χ0v) is 11.9. The summed E-state index contributed by atoms with van der Waals surface area (Å²) in [6, 6.07) is 2.07. The fraction of sp³-hybridized carbons (Fsp3) is 0.643. The summed E-state index contributed by atoms with van der Waals surface area (Å²) in [7, 11) is 2.04. The van der Waals surface area contributed by atoms with Crippen LogP contribution < -0.4 is 10.2 Å². The van der Waals surface area contributed by atoms with Crippen molar-refractivity contribution in [1.29, 1.82) is 5.26 Å². The average Bonchev–Trinajstić information content (AvgIpc) is 2.43. The van der Waals surface area contributed by atoms with Crippen LogP contribution in [0.2, 0.25) is 0 Å². The number of aromatic nitrogens is 2. The van der Waals surface area contributed by atoms with Crippen LogP contribution in [0, 0.1) is 17.2 Å². The molecule has 2 rings (SSSR count). The van der Waals surface area contributed by atoms with Gasteiger partial charge in [-0.25, -0.2) is 9.97 Å². The van der Waals surface area contributed by atoms with Gasteiger partial charge in [0, 0.05) is 38.7 Å². The van der Waals surface area contributed by atoms with Crippen LogP contribution in [0.15, 0.2) is 0 Å². The van der Waals surface area contributed by atoms with Gasteiger partial charge in [-0.2, -0.15) is 5.26 Å². The molecule has 1 aromatic heterocycles. The maximum Gasteiger partial charge on any atom is 0.234 e. The third kappa shape index (κ3) is 3.21. The standard InChI is InChI=1S/C14H21N5/c1-10(2)5-7-19(3)14-11-9-16-6-4-12(11)17-13(8-15)18-14/h10,16H,4-7,9H2,1-3H3. The molecule has 1 aromatic rings. The molecule has 0 radical (unpaired) electrons. The fourth-order valence-electron chi connectivity index (χ4n) is 2.25. The molecule has 19 heavy (non-hydrogen) atoms. The van der Waals surface area contributed by atoms with Crippen LogP contribution >= 0.6 is 0 Å². The summed E-state index contributed by atoms with van der Waals surface area (Å²) in [5, 5.41) is 12.4. The van der Waals surface area contributed by atoms with E-state index in [-0.39, 0.29) is 5.82 Å². The summed E-state index contributed by atoms with van der Waals surface area (Å²) in [5.41, 5.74) is 2.17. The number of hydrogen-bond acceptors (Lipinski definition) is 5. The Bertz CT molecular complexity index is 489. The van der Waals surface area contributed by atoms with Gasteiger partial charge in [-0.3, -0.25) is 0 Å². The predicted molar refractivity (Wildman–Crippen MR) is 74.9 cm³/mol. The van der Waals surface area contributed by atoms with E-state index in [1.54, 1.807) is 0 Å². The van der Waals surface area contributed by atoms with Gasteiger partial charge >= 0.3 is 0 Å². The van der Waals surface area contributed by atoms with Crippen molar-refractivity contribution in [2.24, 2.45) is 5.92 Å². The Hall–Kier alpha value is -1.67. The highest BCUT2D eigenvalue weighted by atomic mass is 15.2. The zero-order chi connectivity index (χ0) is 13.8. The topological polar surface area (TPSA) is 64.8 Å². The number of rotatable bonds is 4. The number of anilines is 1. The van der Waals surface area contributed by atoms with E-state index in [0.717, 1.165) is 49.6 Å². The lowest BCUT2D eigenvalue weighted by atomic mass is 10.1. The Morgan fingerprint density at radius 3 is 2.89 bits per heavy atom. The first kappa shape index (κ1) is 13.8. The Morgan fingerprint density at radius 2 is 2.21 bits per heavy atom. The summed E-state index contributed by atoms with van der Waals surface area (Å²) in [6.45, 7) is 7.09. The number of hydrogen-bond donors (Lipinski definition) is 1. The lowest BCUT2D eigenvalue weighted by molar-refractivity contribution is 0.577. The molecule has 0 spiro atoms. The molecule has 0 saturated heterocycles. The van der Waals surface area contributed by atoms with Crippen molar-refractivity contribution in [3.8, 4) is 6.07 Å². The highest BCUT2D eigenvalue weighted by Crippen LogP contribution is 2.23. The molecule has 0 saturated carbocycles. The van der Waals surface area contributed by atoms with Gasteiger partial charge in [0.1, 0.15) is 11.9 Å². The maximum atomic E-state index is 9.05. The summed E-state index contributed by atoms with van der Waals surface area (Å²) >= 11 is 0. The molecule has 0 fully saturated rings. The van der Waals surface area contributed by atoms with E-state index in [9.17, 15) is 0 Å². The molecule has 0 bridgehead atoms. The molecule has 0 atom stereocenters. The van der Waals surface area contributed by atoms with Crippen LogP contribution in [0.25, 0.3) is 0 Å². The number of nitrogens with zero attached hydrogens (tertiary/aromatic N) is 4. The minimum Gasteiger partial charge on any atom is -0.359 e. The molecule has 102 valence electrons. The maximum absolute atomic E-state index is 9.05. The number of nitrogens with one attached hydrogen (secondary N) is 1. The molecule has 2 heterocycles. The van der Waals surface area contributed by atoms with Crippen molar-refractivity contribution in [2.75, 3.05) is 25.0 Å². The predicted octanol–water partition coefficient (Wildman–Crippen LogP) is 1.48. The number of nitriles is 1. The van der Waals surface area contributed by atoms with E-state index in [2.05, 4.69) is 40.1 Å². The molecule has 1 aliphatic heterocycles. The van der Waals surface area contributed by atoms with Gasteiger partial charge in [-0.05, 0) is 12.3 Å². The average molecular weight is 259 g/mol. The van der Waals surface area contributed by atoms with Crippen molar-refractivity contribution in [1.82, 2.24) is 15.3 Å². The highest BCUT2D eigenvalue weighted by molar-refractivity contribution is 5.50. The SMILES string of the molecule is CC(C)CCN(C)c1nc(C#N)nc2c1CNCC2. The molecule has 1 N–H and O–H groups in total. The van der Waals surface area contributed by atoms with Crippen LogP contribution in [-0.2, 0) is 13.0 Å². The first-order valence-electron chi connectivity index (χ1n) is 6.83. The van der Waals surface area contributed by atoms with Crippen LogP contribution in [0.4, 0.5) is 5.82 Å².